The van der Waals surface area contributed by atoms with E-state index < -0.39 is 0 Å². The van der Waals surface area contributed by atoms with Crippen LogP contribution >= 0.6 is 0 Å². The summed E-state index contributed by atoms with van der Waals surface area (Å²) >= 11 is 0. The molecule has 0 radical (unpaired) electrons. The maximum Gasteiger partial charge on any atom is 0.140 e. The second-order valence-corrected chi connectivity index (χ2v) is 6.85. The van der Waals surface area contributed by atoms with Gasteiger partial charge in [0.25, 0.3) is 0 Å². The highest BCUT2D eigenvalue weighted by molar-refractivity contribution is 5.47. The van der Waals surface area contributed by atoms with Crippen LogP contribution in [-0.2, 0) is 0 Å². The molecule has 108 valence electrons. The van der Waals surface area contributed by atoms with Crippen LogP contribution in [0.4, 0.5) is 0 Å². The zero-order valence-corrected chi connectivity index (χ0v) is 13.0. The van der Waals surface area contributed by atoms with E-state index in [1.165, 1.54) is 0 Å². The summed E-state index contributed by atoms with van der Waals surface area (Å²) in [5, 5.41) is 9.07. The predicted octanol–water partition coefficient (Wildman–Crippen LogP) is 4.16. The van der Waals surface area contributed by atoms with Gasteiger partial charge < -0.3 is 9.47 Å². The molecule has 3 nitrogen and oxygen atoms in total. The smallest absolute Gasteiger partial charge is 0.140 e. The van der Waals surface area contributed by atoms with Gasteiger partial charge in [-0.25, -0.2) is 0 Å². The molecule has 1 aromatic carbocycles. The first-order valence-electron chi connectivity index (χ1n) is 7.14. The van der Waals surface area contributed by atoms with Gasteiger partial charge >= 0.3 is 0 Å². The summed E-state index contributed by atoms with van der Waals surface area (Å²) in [5.41, 5.74) is 0.915. The first-order chi connectivity index (χ1) is 9.30. The molecule has 0 heterocycles. The Hall–Kier alpha value is -1.69. The number of hydrogen-bond acceptors (Lipinski definition) is 3. The number of nitriles is 1. The Bertz CT molecular complexity index is 526. The van der Waals surface area contributed by atoms with Crippen LogP contribution in [0.25, 0.3) is 0 Å². The zero-order valence-electron chi connectivity index (χ0n) is 13.0. The van der Waals surface area contributed by atoms with E-state index in [4.69, 9.17) is 14.7 Å². The monoisotopic (exact) mass is 273 g/mol. The highest BCUT2D eigenvalue weighted by Crippen LogP contribution is 2.55. The maximum atomic E-state index is 9.07. The minimum absolute atomic E-state index is 0.178. The average Bonchev–Trinajstić information content (AvgIpc) is 2.35. The van der Waals surface area contributed by atoms with Crippen molar-refractivity contribution >= 4 is 0 Å². The lowest BCUT2D eigenvalue weighted by Gasteiger charge is -2.56. The quantitative estimate of drug-likeness (QED) is 0.827. The predicted molar refractivity (Wildman–Crippen MR) is 78.9 cm³/mol. The minimum atomic E-state index is 0.178. The van der Waals surface area contributed by atoms with Crippen molar-refractivity contribution in [1.82, 2.24) is 0 Å². The molecule has 0 unspecified atom stereocenters. The summed E-state index contributed by atoms with van der Waals surface area (Å²) < 4.78 is 11.7. The summed E-state index contributed by atoms with van der Waals surface area (Å²) in [7, 11) is 0. The molecule has 1 fully saturated rings. The van der Waals surface area contributed by atoms with Crippen molar-refractivity contribution in [2.24, 2.45) is 10.8 Å². The molecule has 0 aromatic heterocycles. The lowest BCUT2D eigenvalue weighted by molar-refractivity contribution is -0.133. The summed E-state index contributed by atoms with van der Waals surface area (Å²) in [4.78, 5) is 0. The van der Waals surface area contributed by atoms with Gasteiger partial charge in [0.1, 0.15) is 23.7 Å². The van der Waals surface area contributed by atoms with Crippen molar-refractivity contribution in [2.45, 2.75) is 47.1 Å². The van der Waals surface area contributed by atoms with Crippen molar-refractivity contribution in [3.63, 3.8) is 0 Å². The van der Waals surface area contributed by atoms with Crippen LogP contribution in [0.15, 0.2) is 18.2 Å². The largest absolute Gasteiger partial charge is 0.492 e. The molecule has 1 saturated carbocycles. The number of rotatable bonds is 4. The standard InChI is InChI=1S/C17H23NO2/c1-6-19-14-9-13(8-7-12(14)10-18)20-15-16(2,3)11-17(15,4)5/h7-9,15H,6,11H2,1-5H3. The maximum absolute atomic E-state index is 9.07. The van der Waals surface area contributed by atoms with E-state index in [2.05, 4.69) is 33.8 Å². The lowest BCUT2D eigenvalue weighted by atomic mass is 9.53. The van der Waals surface area contributed by atoms with E-state index in [9.17, 15) is 0 Å². The molecule has 0 N–H and O–H groups in total. The van der Waals surface area contributed by atoms with Crippen LogP contribution < -0.4 is 9.47 Å². The number of ether oxygens (including phenoxy) is 2. The molecule has 1 aliphatic carbocycles. The molecule has 1 aromatic rings. The van der Waals surface area contributed by atoms with Crippen LogP contribution in [0.2, 0.25) is 0 Å². The lowest BCUT2D eigenvalue weighted by Crippen LogP contribution is -2.58. The normalized spacial score (nSPS) is 19.8. The second-order valence-electron chi connectivity index (χ2n) is 6.85. The third-order valence-electron chi connectivity index (χ3n) is 3.96. The zero-order chi connectivity index (χ0) is 15.0. The van der Waals surface area contributed by atoms with E-state index in [-0.39, 0.29) is 16.9 Å². The summed E-state index contributed by atoms with van der Waals surface area (Å²) in [5.74, 6) is 1.38. The number of hydrogen-bond donors (Lipinski definition) is 0. The Morgan fingerprint density at radius 1 is 1.25 bits per heavy atom. The number of benzene rings is 1. The van der Waals surface area contributed by atoms with Crippen molar-refractivity contribution < 1.29 is 9.47 Å². The molecule has 1 aliphatic rings. The Morgan fingerprint density at radius 2 is 1.90 bits per heavy atom. The van der Waals surface area contributed by atoms with E-state index in [1.807, 2.05) is 19.1 Å². The van der Waals surface area contributed by atoms with Crippen LogP contribution in [0.1, 0.15) is 46.6 Å². The molecule has 20 heavy (non-hydrogen) atoms. The van der Waals surface area contributed by atoms with E-state index in [1.54, 1.807) is 6.07 Å². The van der Waals surface area contributed by atoms with Crippen molar-refractivity contribution in [2.75, 3.05) is 6.61 Å². The van der Waals surface area contributed by atoms with E-state index >= 15 is 0 Å². The molecule has 2 rings (SSSR count). The minimum Gasteiger partial charge on any atom is -0.492 e. The fraction of sp³-hybridized carbons (Fsp3) is 0.588. The van der Waals surface area contributed by atoms with Crippen LogP contribution in [-0.4, -0.2) is 12.7 Å². The van der Waals surface area contributed by atoms with E-state index in [0.717, 1.165) is 12.2 Å². The van der Waals surface area contributed by atoms with Gasteiger partial charge in [-0.05, 0) is 25.5 Å². The Labute approximate surface area is 121 Å². The van der Waals surface area contributed by atoms with Crippen molar-refractivity contribution in [3.05, 3.63) is 23.8 Å². The molecule has 0 spiro atoms. The molecule has 0 amide bonds. The van der Waals surface area contributed by atoms with Gasteiger partial charge in [0.15, 0.2) is 0 Å². The molecule has 0 atom stereocenters. The first kappa shape index (κ1) is 14.7. The third-order valence-corrected chi connectivity index (χ3v) is 3.96. The summed E-state index contributed by atoms with van der Waals surface area (Å²) in [6.45, 7) is 11.4. The highest BCUT2D eigenvalue weighted by Gasteiger charge is 2.54. The van der Waals surface area contributed by atoms with Gasteiger partial charge in [-0.2, -0.15) is 5.26 Å². The molecule has 0 aliphatic heterocycles. The van der Waals surface area contributed by atoms with Gasteiger partial charge in [-0.3, -0.25) is 0 Å². The van der Waals surface area contributed by atoms with Crippen molar-refractivity contribution in [1.29, 1.82) is 5.26 Å². The average molecular weight is 273 g/mol. The van der Waals surface area contributed by atoms with Gasteiger partial charge in [0.2, 0.25) is 0 Å². The topological polar surface area (TPSA) is 42.2 Å². The van der Waals surface area contributed by atoms with Crippen molar-refractivity contribution in [3.8, 4) is 17.6 Å². The van der Waals surface area contributed by atoms with Crippen LogP contribution in [0.3, 0.4) is 0 Å². The molecule has 0 saturated heterocycles. The highest BCUT2D eigenvalue weighted by atomic mass is 16.5. The fourth-order valence-corrected chi connectivity index (χ4v) is 3.68. The molecule has 0 bridgehead atoms. The molecule has 3 heteroatoms. The van der Waals surface area contributed by atoms with Crippen LogP contribution in [0, 0.1) is 22.2 Å². The first-order valence-corrected chi connectivity index (χ1v) is 7.14. The van der Waals surface area contributed by atoms with Gasteiger partial charge in [0.05, 0.1) is 12.2 Å². The second kappa shape index (κ2) is 5.01. The molecular formula is C17H23NO2. The van der Waals surface area contributed by atoms with Gasteiger partial charge in [-0.15, -0.1) is 0 Å². The Kier molecular flexibility index (Phi) is 3.69. The SMILES string of the molecule is CCOc1cc(OC2C(C)(C)CC2(C)C)ccc1C#N. The third kappa shape index (κ3) is 2.60. The fourth-order valence-electron chi connectivity index (χ4n) is 3.68. The van der Waals surface area contributed by atoms with Gasteiger partial charge in [-0.1, -0.05) is 27.7 Å². The van der Waals surface area contributed by atoms with E-state index in [0.29, 0.717) is 17.9 Å². The summed E-state index contributed by atoms with van der Waals surface area (Å²) in [6, 6.07) is 7.58. The molecular weight excluding hydrogens is 250 g/mol. The summed E-state index contributed by atoms with van der Waals surface area (Å²) in [6.07, 6.45) is 1.33. The number of nitrogens with zero attached hydrogens (tertiary/aromatic N) is 1. The van der Waals surface area contributed by atoms with Gasteiger partial charge in [0, 0.05) is 16.9 Å². The van der Waals surface area contributed by atoms with Crippen LogP contribution in [0.5, 0.6) is 11.5 Å². The Balaban J connectivity index is 2.22. The Morgan fingerprint density at radius 3 is 2.40 bits per heavy atom.